The summed E-state index contributed by atoms with van der Waals surface area (Å²) in [4.78, 5) is 15.4. The summed E-state index contributed by atoms with van der Waals surface area (Å²) >= 11 is 0. The number of hydrogen-bond acceptors (Lipinski definition) is 3. The first-order valence-corrected chi connectivity index (χ1v) is 8.27. The van der Waals surface area contributed by atoms with Crippen molar-refractivity contribution in [3.8, 4) is 0 Å². The van der Waals surface area contributed by atoms with E-state index in [1.165, 1.54) is 38.8 Å². The second-order valence-corrected chi connectivity index (χ2v) is 7.00. The minimum atomic E-state index is -0.0255. The zero-order valence-corrected chi connectivity index (χ0v) is 13.7. The number of nitrogens with one attached hydrogen (secondary N) is 2. The van der Waals surface area contributed by atoms with Gasteiger partial charge in [0.1, 0.15) is 0 Å². The molecule has 2 aromatic rings. The van der Waals surface area contributed by atoms with Gasteiger partial charge in [-0.1, -0.05) is 18.2 Å². The number of halogens is 1. The number of carbonyl (C=O) groups is 1. The minimum absolute atomic E-state index is 0. The normalized spacial score (nSPS) is 30.2. The van der Waals surface area contributed by atoms with Gasteiger partial charge in [0.05, 0.1) is 11.6 Å². The number of aromatic amines is 1. The first-order valence-electron chi connectivity index (χ1n) is 8.27. The molecular weight excluding hydrogens is 312 g/mol. The maximum atomic E-state index is 12.8. The number of amides is 1. The molecule has 4 aliphatic rings. The van der Waals surface area contributed by atoms with Crippen molar-refractivity contribution >= 4 is 29.2 Å². The predicted molar refractivity (Wildman–Crippen MR) is 90.9 cm³/mol. The maximum absolute atomic E-state index is 12.8. The Kier molecular flexibility index (Phi) is 3.39. The van der Waals surface area contributed by atoms with Crippen LogP contribution in [0.1, 0.15) is 36.2 Å². The van der Waals surface area contributed by atoms with Gasteiger partial charge in [0.2, 0.25) is 0 Å². The number of carbonyl (C=O) groups excluding carboxylic acids is 1. The van der Waals surface area contributed by atoms with Crippen molar-refractivity contribution in [3.05, 3.63) is 30.0 Å². The number of rotatable bonds is 2. The van der Waals surface area contributed by atoms with Crippen LogP contribution < -0.4 is 5.32 Å². The number of fused-ring (bicyclic) bond motifs is 3. The number of para-hydroxylation sites is 1. The van der Waals surface area contributed by atoms with Crippen molar-refractivity contribution in [2.24, 2.45) is 5.92 Å². The number of piperidine rings is 3. The molecular formula is C17H21ClN4O. The van der Waals surface area contributed by atoms with Crippen molar-refractivity contribution in [2.45, 2.75) is 37.3 Å². The number of aromatic nitrogens is 2. The molecule has 1 spiro atoms. The molecule has 4 heterocycles. The molecule has 1 aromatic heterocycles. The summed E-state index contributed by atoms with van der Waals surface area (Å²) in [6.45, 7) is 2.42. The Bertz CT molecular complexity index is 746. The minimum Gasteiger partial charge on any atom is -0.346 e. The lowest BCUT2D eigenvalue weighted by atomic mass is 9.77. The first kappa shape index (κ1) is 15.0. The summed E-state index contributed by atoms with van der Waals surface area (Å²) in [5.74, 6) is 0.615. The molecule has 1 atom stereocenters. The summed E-state index contributed by atoms with van der Waals surface area (Å²) in [5, 5.41) is 11.4. The van der Waals surface area contributed by atoms with E-state index in [4.69, 9.17) is 0 Å². The summed E-state index contributed by atoms with van der Waals surface area (Å²) < 4.78 is 0. The molecule has 0 radical (unpaired) electrons. The van der Waals surface area contributed by atoms with Crippen LogP contribution in [0.5, 0.6) is 0 Å². The molecule has 1 aromatic carbocycles. The summed E-state index contributed by atoms with van der Waals surface area (Å²) in [6.07, 6.45) is 4.90. The van der Waals surface area contributed by atoms with Gasteiger partial charge in [-0.2, -0.15) is 5.10 Å². The SMILES string of the molecule is Cl.O=C(N[C@H]1C2CCN(CC2)C12CC2)c1n[nH]c2ccccc12. The zero-order chi connectivity index (χ0) is 14.7. The highest BCUT2D eigenvalue weighted by Gasteiger charge is 2.60. The lowest BCUT2D eigenvalue weighted by Gasteiger charge is -2.52. The average Bonchev–Trinajstić information content (AvgIpc) is 3.21. The lowest BCUT2D eigenvalue weighted by Crippen LogP contribution is -2.65. The van der Waals surface area contributed by atoms with Crippen LogP contribution in [-0.2, 0) is 0 Å². The molecule has 6 heteroatoms. The molecule has 23 heavy (non-hydrogen) atoms. The van der Waals surface area contributed by atoms with E-state index in [1.807, 2.05) is 24.3 Å². The zero-order valence-electron chi connectivity index (χ0n) is 12.9. The third-order valence-electron chi connectivity index (χ3n) is 5.95. The quantitative estimate of drug-likeness (QED) is 0.887. The largest absolute Gasteiger partial charge is 0.346 e. The molecule has 4 fully saturated rings. The van der Waals surface area contributed by atoms with E-state index in [1.54, 1.807) is 0 Å². The second-order valence-electron chi connectivity index (χ2n) is 7.00. The van der Waals surface area contributed by atoms with E-state index < -0.39 is 0 Å². The Labute approximate surface area is 141 Å². The van der Waals surface area contributed by atoms with Gasteiger partial charge in [0, 0.05) is 10.9 Å². The molecule has 2 bridgehead atoms. The Hall–Kier alpha value is -1.59. The van der Waals surface area contributed by atoms with Crippen LogP contribution >= 0.6 is 12.4 Å². The van der Waals surface area contributed by atoms with E-state index in [-0.39, 0.29) is 23.9 Å². The smallest absolute Gasteiger partial charge is 0.272 e. The van der Waals surface area contributed by atoms with Crippen LogP contribution in [0.4, 0.5) is 0 Å². The van der Waals surface area contributed by atoms with Crippen molar-refractivity contribution in [1.82, 2.24) is 20.4 Å². The molecule has 1 amide bonds. The van der Waals surface area contributed by atoms with Crippen LogP contribution in [0.2, 0.25) is 0 Å². The fourth-order valence-electron chi connectivity index (χ4n) is 4.67. The number of nitrogens with zero attached hydrogens (tertiary/aromatic N) is 2. The Morgan fingerprint density at radius 2 is 2.00 bits per heavy atom. The van der Waals surface area contributed by atoms with E-state index in [0.29, 0.717) is 17.7 Å². The molecule has 6 rings (SSSR count). The summed E-state index contributed by atoms with van der Waals surface area (Å²) in [6, 6.07) is 8.12. The van der Waals surface area contributed by atoms with E-state index in [9.17, 15) is 4.79 Å². The number of H-pyrrole nitrogens is 1. The van der Waals surface area contributed by atoms with Crippen molar-refractivity contribution in [1.29, 1.82) is 0 Å². The molecule has 3 aliphatic heterocycles. The first-order chi connectivity index (χ1) is 10.8. The third kappa shape index (κ3) is 2.10. The predicted octanol–water partition coefficient (Wildman–Crippen LogP) is 2.34. The van der Waals surface area contributed by atoms with Gasteiger partial charge in [-0.15, -0.1) is 12.4 Å². The highest BCUT2D eigenvalue weighted by atomic mass is 35.5. The maximum Gasteiger partial charge on any atom is 0.272 e. The van der Waals surface area contributed by atoms with Gasteiger partial charge >= 0.3 is 0 Å². The summed E-state index contributed by atoms with van der Waals surface area (Å²) in [5.41, 5.74) is 1.72. The molecule has 3 saturated heterocycles. The lowest BCUT2D eigenvalue weighted by molar-refractivity contribution is -0.00150. The monoisotopic (exact) mass is 332 g/mol. The Morgan fingerprint density at radius 3 is 2.74 bits per heavy atom. The fraction of sp³-hybridized carbons (Fsp3) is 0.529. The molecule has 0 unspecified atom stereocenters. The van der Waals surface area contributed by atoms with E-state index in [2.05, 4.69) is 20.4 Å². The topological polar surface area (TPSA) is 61.0 Å². The van der Waals surface area contributed by atoms with Gasteiger partial charge < -0.3 is 5.32 Å². The van der Waals surface area contributed by atoms with Crippen molar-refractivity contribution < 1.29 is 4.79 Å². The Balaban J connectivity index is 0.00000135. The van der Waals surface area contributed by atoms with Crippen molar-refractivity contribution in [3.63, 3.8) is 0 Å². The van der Waals surface area contributed by atoms with Gasteiger partial charge in [-0.05, 0) is 50.8 Å². The molecule has 2 N–H and O–H groups in total. The standard InChI is InChI=1S/C17H20N4O.ClH/c22-16(14-12-3-1-2-4-13(12)19-20-14)18-15-11-5-9-21(10-6-11)17(15)7-8-17;/h1-4,11,15H,5-10H2,(H,18,22)(H,19,20);1H/t15-;/m0./s1. The van der Waals surface area contributed by atoms with Crippen molar-refractivity contribution in [2.75, 3.05) is 13.1 Å². The van der Waals surface area contributed by atoms with Crippen LogP contribution in [0.3, 0.4) is 0 Å². The third-order valence-corrected chi connectivity index (χ3v) is 5.95. The van der Waals surface area contributed by atoms with Gasteiger partial charge in [-0.3, -0.25) is 14.8 Å². The van der Waals surface area contributed by atoms with Crippen LogP contribution in [0.15, 0.2) is 24.3 Å². The van der Waals surface area contributed by atoms with Crippen LogP contribution in [0, 0.1) is 5.92 Å². The van der Waals surface area contributed by atoms with E-state index in [0.717, 1.165) is 10.9 Å². The molecule has 5 nitrogen and oxygen atoms in total. The highest BCUT2D eigenvalue weighted by molar-refractivity contribution is 6.04. The second kappa shape index (κ2) is 5.21. The summed E-state index contributed by atoms with van der Waals surface area (Å²) in [7, 11) is 0. The number of hydrogen-bond donors (Lipinski definition) is 2. The van der Waals surface area contributed by atoms with Gasteiger partial charge in [0.25, 0.3) is 5.91 Å². The van der Waals surface area contributed by atoms with Crippen LogP contribution in [-0.4, -0.2) is 45.7 Å². The molecule has 122 valence electrons. The average molecular weight is 333 g/mol. The molecule has 1 aliphatic carbocycles. The van der Waals surface area contributed by atoms with Gasteiger partial charge in [-0.25, -0.2) is 0 Å². The van der Waals surface area contributed by atoms with Crippen LogP contribution in [0.25, 0.3) is 10.9 Å². The Morgan fingerprint density at radius 1 is 1.26 bits per heavy atom. The highest BCUT2D eigenvalue weighted by Crippen LogP contribution is 2.53. The molecule has 1 saturated carbocycles. The fourth-order valence-corrected chi connectivity index (χ4v) is 4.67. The van der Waals surface area contributed by atoms with Gasteiger partial charge in [0.15, 0.2) is 5.69 Å². The van der Waals surface area contributed by atoms with E-state index >= 15 is 0 Å². The number of benzene rings is 1.